The smallest absolute Gasteiger partial charge is 0.184 e. The third-order valence-electron chi connectivity index (χ3n) is 4.63. The highest BCUT2D eigenvalue weighted by Crippen LogP contribution is 2.28. The molecule has 1 unspecified atom stereocenters. The van der Waals surface area contributed by atoms with Gasteiger partial charge < -0.3 is 29.2 Å². The maximum Gasteiger partial charge on any atom is 0.184 e. The fraction of sp³-hybridized carbons (Fsp3) is 0.429. The summed E-state index contributed by atoms with van der Waals surface area (Å²) in [6, 6.07) is 19.4. The van der Waals surface area contributed by atoms with E-state index < -0.39 is 30.7 Å². The van der Waals surface area contributed by atoms with E-state index in [9.17, 15) is 10.2 Å². The Bertz CT molecular complexity index is 665. The summed E-state index contributed by atoms with van der Waals surface area (Å²) < 4.78 is 23.0. The second kappa shape index (κ2) is 9.94. The van der Waals surface area contributed by atoms with Gasteiger partial charge in [-0.3, -0.25) is 0 Å². The van der Waals surface area contributed by atoms with Gasteiger partial charge in [0.1, 0.15) is 24.4 Å². The molecule has 3 rings (SSSR count). The minimum atomic E-state index is -1.22. The molecular weight excluding hydrogens is 348 g/mol. The molecule has 1 aliphatic rings. The van der Waals surface area contributed by atoms with Crippen molar-refractivity contribution in [3.05, 3.63) is 71.8 Å². The number of aliphatic hydroxyl groups excluding tert-OH is 2. The highest BCUT2D eigenvalue weighted by molar-refractivity contribution is 5.14. The minimum Gasteiger partial charge on any atom is -0.394 e. The van der Waals surface area contributed by atoms with E-state index in [1.54, 1.807) is 0 Å². The molecule has 2 N–H and O–H groups in total. The van der Waals surface area contributed by atoms with Crippen LogP contribution in [0.4, 0.5) is 0 Å². The van der Waals surface area contributed by atoms with Crippen LogP contribution in [0.25, 0.3) is 0 Å². The molecule has 1 saturated heterocycles. The zero-order valence-corrected chi connectivity index (χ0v) is 15.3. The Morgan fingerprint density at radius 1 is 0.815 bits per heavy atom. The van der Waals surface area contributed by atoms with Crippen molar-refractivity contribution in [2.45, 2.75) is 43.9 Å². The van der Waals surface area contributed by atoms with Gasteiger partial charge in [0.15, 0.2) is 6.29 Å². The van der Waals surface area contributed by atoms with E-state index in [1.807, 2.05) is 60.7 Å². The predicted octanol–water partition coefficient (Wildman–Crippen LogP) is 1.88. The second-order valence-corrected chi connectivity index (χ2v) is 6.47. The largest absolute Gasteiger partial charge is 0.394 e. The topological polar surface area (TPSA) is 77.4 Å². The average Bonchev–Trinajstić information content (AvgIpc) is 2.72. The number of ether oxygens (including phenoxy) is 4. The van der Waals surface area contributed by atoms with Crippen LogP contribution >= 0.6 is 0 Å². The fourth-order valence-electron chi connectivity index (χ4n) is 3.23. The van der Waals surface area contributed by atoms with Gasteiger partial charge in [-0.25, -0.2) is 0 Å². The summed E-state index contributed by atoms with van der Waals surface area (Å²) in [5.41, 5.74) is 1.97. The molecule has 2 aromatic carbocycles. The first-order chi connectivity index (χ1) is 13.2. The second-order valence-electron chi connectivity index (χ2n) is 6.47. The molecule has 0 amide bonds. The van der Waals surface area contributed by atoms with Crippen LogP contribution in [-0.2, 0) is 32.2 Å². The van der Waals surface area contributed by atoms with E-state index in [4.69, 9.17) is 18.9 Å². The maximum absolute atomic E-state index is 10.4. The molecule has 0 radical (unpaired) electrons. The molecule has 2 aromatic rings. The lowest BCUT2D eigenvalue weighted by Crippen LogP contribution is -2.60. The standard InChI is InChI=1S/C21H26O6/c1-24-18-17(12-22)27-21(23)20(26-14-16-10-6-3-7-11-16)19(18)25-13-15-8-4-2-5-9-15/h2-11,17-23H,12-14H2,1H3/t17-,18?,19+,20-,21-/m1/s1. The average molecular weight is 374 g/mol. The van der Waals surface area contributed by atoms with Crippen molar-refractivity contribution in [1.82, 2.24) is 0 Å². The van der Waals surface area contributed by atoms with Gasteiger partial charge in [0.25, 0.3) is 0 Å². The van der Waals surface area contributed by atoms with Gasteiger partial charge in [-0.05, 0) is 11.1 Å². The van der Waals surface area contributed by atoms with Crippen LogP contribution in [0.15, 0.2) is 60.7 Å². The summed E-state index contributed by atoms with van der Waals surface area (Å²) in [4.78, 5) is 0. The lowest BCUT2D eigenvalue weighted by atomic mass is 9.98. The number of rotatable bonds is 8. The van der Waals surface area contributed by atoms with Gasteiger partial charge in [0.2, 0.25) is 0 Å². The predicted molar refractivity (Wildman–Crippen MR) is 98.8 cm³/mol. The van der Waals surface area contributed by atoms with E-state index in [-0.39, 0.29) is 6.61 Å². The van der Waals surface area contributed by atoms with Crippen molar-refractivity contribution in [2.24, 2.45) is 0 Å². The van der Waals surface area contributed by atoms with Gasteiger partial charge in [-0.1, -0.05) is 60.7 Å². The summed E-state index contributed by atoms with van der Waals surface area (Å²) in [7, 11) is 1.53. The fourth-order valence-corrected chi connectivity index (χ4v) is 3.23. The Hall–Kier alpha value is -1.80. The Kier molecular flexibility index (Phi) is 7.34. The number of aliphatic hydroxyl groups is 2. The Balaban J connectivity index is 1.73. The van der Waals surface area contributed by atoms with Crippen molar-refractivity contribution < 1.29 is 29.2 Å². The summed E-state index contributed by atoms with van der Waals surface area (Å²) in [5.74, 6) is 0. The first kappa shape index (κ1) is 19.9. The molecule has 1 heterocycles. The SMILES string of the molecule is COC1[C@@H](CO)O[C@@H](O)[C@H](OCc2ccccc2)[C@H]1OCc1ccccc1. The number of methoxy groups -OCH3 is 1. The van der Waals surface area contributed by atoms with Crippen molar-refractivity contribution in [3.63, 3.8) is 0 Å². The lowest BCUT2D eigenvalue weighted by molar-refractivity contribution is -0.310. The summed E-state index contributed by atoms with van der Waals surface area (Å²) >= 11 is 0. The molecule has 5 atom stereocenters. The summed E-state index contributed by atoms with van der Waals surface area (Å²) in [6.45, 7) is 0.352. The molecule has 1 fully saturated rings. The molecule has 146 valence electrons. The molecule has 0 spiro atoms. The van der Waals surface area contributed by atoms with Crippen LogP contribution in [-0.4, -0.2) is 54.6 Å². The lowest BCUT2D eigenvalue weighted by Gasteiger charge is -2.43. The van der Waals surface area contributed by atoms with E-state index in [2.05, 4.69) is 0 Å². The van der Waals surface area contributed by atoms with Crippen LogP contribution in [0.3, 0.4) is 0 Å². The maximum atomic E-state index is 10.4. The van der Waals surface area contributed by atoms with Crippen LogP contribution < -0.4 is 0 Å². The van der Waals surface area contributed by atoms with Crippen molar-refractivity contribution in [3.8, 4) is 0 Å². The van der Waals surface area contributed by atoms with Crippen molar-refractivity contribution >= 4 is 0 Å². The summed E-state index contributed by atoms with van der Waals surface area (Å²) in [6.07, 6.45) is -3.83. The molecule has 0 bridgehead atoms. The minimum absolute atomic E-state index is 0.286. The molecule has 27 heavy (non-hydrogen) atoms. The van der Waals surface area contributed by atoms with E-state index in [1.165, 1.54) is 7.11 Å². The molecule has 1 aliphatic heterocycles. The number of hydrogen-bond acceptors (Lipinski definition) is 6. The van der Waals surface area contributed by atoms with Gasteiger partial charge in [-0.2, -0.15) is 0 Å². The molecule has 0 aromatic heterocycles. The van der Waals surface area contributed by atoms with Crippen LogP contribution in [0.5, 0.6) is 0 Å². The molecule has 0 aliphatic carbocycles. The Morgan fingerprint density at radius 3 is 1.81 bits per heavy atom. The van der Waals surface area contributed by atoms with Gasteiger partial charge >= 0.3 is 0 Å². The Labute approximate surface area is 159 Å². The third kappa shape index (κ3) is 5.13. The normalized spacial score (nSPS) is 28.2. The molecular formula is C21H26O6. The first-order valence-electron chi connectivity index (χ1n) is 9.01. The van der Waals surface area contributed by atoms with Crippen LogP contribution in [0, 0.1) is 0 Å². The molecule has 6 heteroatoms. The van der Waals surface area contributed by atoms with E-state index in [0.717, 1.165) is 11.1 Å². The quantitative estimate of drug-likeness (QED) is 0.735. The highest BCUT2D eigenvalue weighted by Gasteiger charge is 2.47. The van der Waals surface area contributed by atoms with Gasteiger partial charge in [0, 0.05) is 7.11 Å². The number of hydrogen-bond donors (Lipinski definition) is 2. The van der Waals surface area contributed by atoms with Crippen molar-refractivity contribution in [1.29, 1.82) is 0 Å². The zero-order valence-electron chi connectivity index (χ0n) is 15.3. The van der Waals surface area contributed by atoms with Crippen LogP contribution in [0.2, 0.25) is 0 Å². The molecule has 0 saturated carbocycles. The highest BCUT2D eigenvalue weighted by atomic mass is 16.7. The van der Waals surface area contributed by atoms with Crippen molar-refractivity contribution in [2.75, 3.05) is 13.7 Å². The van der Waals surface area contributed by atoms with E-state index in [0.29, 0.717) is 13.2 Å². The third-order valence-corrected chi connectivity index (χ3v) is 4.63. The molecule has 6 nitrogen and oxygen atoms in total. The first-order valence-corrected chi connectivity index (χ1v) is 9.01. The monoisotopic (exact) mass is 374 g/mol. The van der Waals surface area contributed by atoms with Gasteiger partial charge in [-0.15, -0.1) is 0 Å². The van der Waals surface area contributed by atoms with Crippen LogP contribution in [0.1, 0.15) is 11.1 Å². The summed E-state index contributed by atoms with van der Waals surface area (Å²) in [5, 5.41) is 20.0. The number of benzene rings is 2. The van der Waals surface area contributed by atoms with Gasteiger partial charge in [0.05, 0.1) is 19.8 Å². The Morgan fingerprint density at radius 2 is 1.33 bits per heavy atom. The zero-order chi connectivity index (χ0) is 19.1. The van der Waals surface area contributed by atoms with E-state index >= 15 is 0 Å².